The summed E-state index contributed by atoms with van der Waals surface area (Å²) in [5.74, 6) is 0.769. The second-order valence-electron chi connectivity index (χ2n) is 5.47. The van der Waals surface area contributed by atoms with E-state index < -0.39 is 11.5 Å². The molecule has 0 aromatic carbocycles. The zero-order chi connectivity index (χ0) is 14.6. The van der Waals surface area contributed by atoms with E-state index in [0.29, 0.717) is 19.6 Å². The summed E-state index contributed by atoms with van der Waals surface area (Å²) < 4.78 is 9.28. The van der Waals surface area contributed by atoms with Crippen LogP contribution in [0.3, 0.4) is 0 Å². The number of rotatable bonds is 6. The van der Waals surface area contributed by atoms with Gasteiger partial charge in [0.15, 0.2) is 0 Å². The first-order chi connectivity index (χ1) is 9.61. The second-order valence-corrected chi connectivity index (χ2v) is 6.20. The Labute approximate surface area is 123 Å². The Kier molecular flexibility index (Phi) is 5.31. The summed E-state index contributed by atoms with van der Waals surface area (Å²) >= 11 is 1.37. The van der Waals surface area contributed by atoms with Gasteiger partial charge in [0.05, 0.1) is 12.7 Å². The van der Waals surface area contributed by atoms with Gasteiger partial charge in [0.25, 0.3) is 0 Å². The molecule has 2 rings (SSSR count). The summed E-state index contributed by atoms with van der Waals surface area (Å²) in [4.78, 5) is 6.53. The standard InChI is InChI=1S/C13H23N3O3S/c1-10-14-12(20-15-10)16-6-4-11(18)13(8-16,9-17)5-3-7-19-2/h11,17-18H,3-9H2,1-2H3/t11-,13+/m1/s1. The maximum atomic E-state index is 10.3. The Hall–Kier alpha value is -0.760. The van der Waals surface area contributed by atoms with E-state index in [1.54, 1.807) is 7.11 Å². The molecule has 0 aliphatic carbocycles. The van der Waals surface area contributed by atoms with E-state index in [0.717, 1.165) is 30.3 Å². The number of hydrogen-bond acceptors (Lipinski definition) is 7. The SMILES string of the molecule is COCCC[C@@]1(CO)CN(c2nc(C)ns2)CC[C@H]1O. The number of anilines is 1. The molecule has 1 aromatic rings. The van der Waals surface area contributed by atoms with Crippen molar-refractivity contribution >= 4 is 16.7 Å². The van der Waals surface area contributed by atoms with Gasteiger partial charge in [0, 0.05) is 43.8 Å². The number of hydrogen-bond donors (Lipinski definition) is 2. The van der Waals surface area contributed by atoms with E-state index in [4.69, 9.17) is 4.74 Å². The molecule has 2 N–H and O–H groups in total. The van der Waals surface area contributed by atoms with Crippen molar-refractivity contribution in [3.63, 3.8) is 0 Å². The fraction of sp³-hybridized carbons (Fsp3) is 0.846. The lowest BCUT2D eigenvalue weighted by Crippen LogP contribution is -2.54. The van der Waals surface area contributed by atoms with Crippen LogP contribution < -0.4 is 4.90 Å². The average Bonchev–Trinajstić information content (AvgIpc) is 2.88. The third-order valence-electron chi connectivity index (χ3n) is 4.01. The number of ether oxygens (including phenoxy) is 1. The van der Waals surface area contributed by atoms with Gasteiger partial charge in [0.1, 0.15) is 5.82 Å². The molecule has 20 heavy (non-hydrogen) atoms. The molecule has 0 radical (unpaired) electrons. The first-order valence-corrected chi connectivity index (χ1v) is 7.72. The Morgan fingerprint density at radius 2 is 2.35 bits per heavy atom. The molecule has 0 unspecified atom stereocenters. The number of aryl methyl sites for hydroxylation is 1. The number of methoxy groups -OCH3 is 1. The van der Waals surface area contributed by atoms with Crippen molar-refractivity contribution in [3.05, 3.63) is 5.82 Å². The number of aromatic nitrogens is 2. The third kappa shape index (κ3) is 3.28. The van der Waals surface area contributed by atoms with Gasteiger partial charge in [-0.3, -0.25) is 0 Å². The van der Waals surface area contributed by atoms with Crippen LogP contribution in [0.1, 0.15) is 25.1 Å². The summed E-state index contributed by atoms with van der Waals surface area (Å²) in [7, 11) is 1.67. The lowest BCUT2D eigenvalue weighted by atomic mass is 9.74. The van der Waals surface area contributed by atoms with Gasteiger partial charge >= 0.3 is 0 Å². The second kappa shape index (κ2) is 6.80. The van der Waals surface area contributed by atoms with Crippen LogP contribution in [0.25, 0.3) is 0 Å². The predicted molar refractivity (Wildman–Crippen MR) is 78.1 cm³/mol. The van der Waals surface area contributed by atoms with Crippen molar-refractivity contribution in [3.8, 4) is 0 Å². The summed E-state index contributed by atoms with van der Waals surface area (Å²) in [6.07, 6.45) is 1.74. The Balaban J connectivity index is 2.09. The van der Waals surface area contributed by atoms with Crippen molar-refractivity contribution in [2.24, 2.45) is 5.41 Å². The van der Waals surface area contributed by atoms with Crippen molar-refractivity contribution < 1.29 is 14.9 Å². The van der Waals surface area contributed by atoms with Crippen LogP contribution in [0.15, 0.2) is 0 Å². The lowest BCUT2D eigenvalue weighted by Gasteiger charge is -2.45. The van der Waals surface area contributed by atoms with E-state index in [1.807, 2.05) is 6.92 Å². The van der Waals surface area contributed by atoms with Crippen LogP contribution in [-0.4, -0.2) is 59.1 Å². The number of piperidine rings is 1. The molecular weight excluding hydrogens is 278 g/mol. The molecule has 1 aliphatic rings. The molecule has 7 heteroatoms. The van der Waals surface area contributed by atoms with Gasteiger partial charge in [-0.2, -0.15) is 4.37 Å². The van der Waals surface area contributed by atoms with Crippen molar-refractivity contribution in [2.45, 2.75) is 32.3 Å². The number of nitrogens with zero attached hydrogens (tertiary/aromatic N) is 3. The fourth-order valence-corrected chi connectivity index (χ4v) is 3.47. The van der Waals surface area contributed by atoms with Gasteiger partial charge in [-0.15, -0.1) is 0 Å². The molecule has 0 bridgehead atoms. The quantitative estimate of drug-likeness (QED) is 0.758. The molecule has 0 spiro atoms. The zero-order valence-electron chi connectivity index (χ0n) is 12.1. The maximum Gasteiger partial charge on any atom is 0.205 e. The van der Waals surface area contributed by atoms with E-state index in [1.165, 1.54) is 11.5 Å². The highest BCUT2D eigenvalue weighted by molar-refractivity contribution is 7.09. The van der Waals surface area contributed by atoms with Crippen molar-refractivity contribution in [2.75, 3.05) is 38.3 Å². The van der Waals surface area contributed by atoms with Gasteiger partial charge in [-0.25, -0.2) is 4.98 Å². The van der Waals surface area contributed by atoms with Crippen LogP contribution in [0, 0.1) is 12.3 Å². The maximum absolute atomic E-state index is 10.3. The molecule has 1 aliphatic heterocycles. The highest BCUT2D eigenvalue weighted by atomic mass is 32.1. The molecule has 114 valence electrons. The first-order valence-electron chi connectivity index (χ1n) is 6.94. The van der Waals surface area contributed by atoms with E-state index in [2.05, 4.69) is 14.3 Å². The smallest absolute Gasteiger partial charge is 0.205 e. The normalized spacial score (nSPS) is 27.0. The predicted octanol–water partition coefficient (Wildman–Crippen LogP) is 0.823. The Morgan fingerprint density at radius 1 is 1.55 bits per heavy atom. The molecule has 0 amide bonds. The van der Waals surface area contributed by atoms with Crippen LogP contribution in [-0.2, 0) is 4.74 Å². The van der Waals surface area contributed by atoms with Crippen molar-refractivity contribution in [1.29, 1.82) is 0 Å². The molecular formula is C13H23N3O3S. The highest BCUT2D eigenvalue weighted by Gasteiger charge is 2.42. The van der Waals surface area contributed by atoms with E-state index in [9.17, 15) is 10.2 Å². The van der Waals surface area contributed by atoms with Crippen LogP contribution >= 0.6 is 11.5 Å². The average molecular weight is 301 g/mol. The van der Waals surface area contributed by atoms with Crippen molar-refractivity contribution in [1.82, 2.24) is 9.36 Å². The number of aliphatic hydroxyl groups excluding tert-OH is 2. The minimum absolute atomic E-state index is 0.0217. The highest BCUT2D eigenvalue weighted by Crippen LogP contribution is 2.37. The van der Waals surface area contributed by atoms with Gasteiger partial charge < -0.3 is 19.8 Å². The molecule has 6 nitrogen and oxygen atoms in total. The summed E-state index contributed by atoms with van der Waals surface area (Å²) in [5, 5.41) is 21.0. The monoisotopic (exact) mass is 301 g/mol. The molecule has 0 saturated carbocycles. The zero-order valence-corrected chi connectivity index (χ0v) is 12.9. The Bertz CT molecular complexity index is 429. The Morgan fingerprint density at radius 3 is 2.95 bits per heavy atom. The minimum atomic E-state index is -0.490. The van der Waals surface area contributed by atoms with E-state index in [-0.39, 0.29) is 6.61 Å². The van der Waals surface area contributed by atoms with Crippen LogP contribution in [0.5, 0.6) is 0 Å². The van der Waals surface area contributed by atoms with Gasteiger partial charge in [-0.1, -0.05) is 0 Å². The van der Waals surface area contributed by atoms with E-state index >= 15 is 0 Å². The molecule has 1 saturated heterocycles. The summed E-state index contributed by atoms with van der Waals surface area (Å²) in [6, 6.07) is 0. The topological polar surface area (TPSA) is 78.7 Å². The largest absolute Gasteiger partial charge is 0.396 e. The molecule has 1 aromatic heterocycles. The van der Waals surface area contributed by atoms with Gasteiger partial charge in [0.2, 0.25) is 5.13 Å². The fourth-order valence-electron chi connectivity index (χ4n) is 2.78. The number of aliphatic hydroxyl groups is 2. The lowest BCUT2D eigenvalue weighted by molar-refractivity contribution is -0.0386. The first kappa shape index (κ1) is 15.6. The van der Waals surface area contributed by atoms with Crippen LogP contribution in [0.2, 0.25) is 0 Å². The summed E-state index contributed by atoms with van der Waals surface area (Å²) in [6.45, 7) is 3.86. The molecule has 1 fully saturated rings. The molecule has 2 heterocycles. The minimum Gasteiger partial charge on any atom is -0.396 e. The summed E-state index contributed by atoms with van der Waals surface area (Å²) in [5.41, 5.74) is -0.490. The van der Waals surface area contributed by atoms with Crippen LogP contribution in [0.4, 0.5) is 5.13 Å². The third-order valence-corrected chi connectivity index (χ3v) is 4.88. The van der Waals surface area contributed by atoms with Gasteiger partial charge in [-0.05, 0) is 26.2 Å². The molecule has 2 atom stereocenters.